The van der Waals surface area contributed by atoms with Crippen molar-refractivity contribution in [1.29, 1.82) is 0 Å². The molecule has 0 unspecified atom stereocenters. The number of aliphatic hydroxyl groups excluding tert-OH is 1. The van der Waals surface area contributed by atoms with E-state index in [0.717, 1.165) is 29.3 Å². The molecule has 0 spiro atoms. The van der Waals surface area contributed by atoms with Crippen LogP contribution in [0.2, 0.25) is 0 Å². The molecular formula is C27H29FN2O4. The summed E-state index contributed by atoms with van der Waals surface area (Å²) in [6.07, 6.45) is 3.61. The Balaban J connectivity index is 1.32. The molecule has 2 aliphatic carbocycles. The van der Waals surface area contributed by atoms with Gasteiger partial charge in [-0.05, 0) is 61.4 Å². The number of anilines is 1. The zero-order valence-corrected chi connectivity index (χ0v) is 19.5. The van der Waals surface area contributed by atoms with Gasteiger partial charge in [0.1, 0.15) is 5.82 Å². The van der Waals surface area contributed by atoms with E-state index in [1.165, 1.54) is 11.8 Å². The van der Waals surface area contributed by atoms with E-state index in [9.17, 15) is 9.90 Å². The average Bonchev–Trinajstić information content (AvgIpc) is 3.71. The number of nitrogens with zero attached hydrogens (tertiary/aromatic N) is 1. The van der Waals surface area contributed by atoms with E-state index in [4.69, 9.17) is 9.47 Å². The molecule has 1 aliphatic heterocycles. The van der Waals surface area contributed by atoms with Gasteiger partial charge in [-0.25, -0.2) is 4.39 Å². The van der Waals surface area contributed by atoms with Crippen LogP contribution in [0.1, 0.15) is 50.8 Å². The number of carbonyl (C=O) groups is 1. The quantitative estimate of drug-likeness (QED) is 0.524. The highest BCUT2D eigenvalue weighted by Crippen LogP contribution is 2.52. The van der Waals surface area contributed by atoms with Crippen LogP contribution in [0.5, 0.6) is 11.5 Å². The van der Waals surface area contributed by atoms with Crippen LogP contribution in [0.3, 0.4) is 0 Å². The SMILES string of the molecule is C[C@@H](CO)Cn1c(C2(C)CC2)cc2cc(NC(=O)C3(c4ccc5c(c4)OCO5)CC3)c(F)cc21. The number of hydrogen-bond acceptors (Lipinski definition) is 4. The maximum Gasteiger partial charge on any atom is 0.235 e. The summed E-state index contributed by atoms with van der Waals surface area (Å²) in [7, 11) is 0. The molecule has 0 radical (unpaired) electrons. The lowest BCUT2D eigenvalue weighted by Gasteiger charge is -2.19. The summed E-state index contributed by atoms with van der Waals surface area (Å²) in [5.41, 5.74) is 2.46. The molecule has 0 saturated heterocycles. The molecule has 7 heteroatoms. The van der Waals surface area contributed by atoms with Crippen LogP contribution in [0.4, 0.5) is 10.1 Å². The third-order valence-electron chi connectivity index (χ3n) is 7.77. The fourth-order valence-corrected chi connectivity index (χ4v) is 5.10. The molecule has 2 fully saturated rings. The van der Waals surface area contributed by atoms with Crippen molar-refractivity contribution in [2.24, 2.45) is 5.92 Å². The summed E-state index contributed by atoms with van der Waals surface area (Å²) in [5, 5.41) is 13.4. The monoisotopic (exact) mass is 464 g/mol. The van der Waals surface area contributed by atoms with Crippen LogP contribution in [-0.2, 0) is 22.2 Å². The van der Waals surface area contributed by atoms with Gasteiger partial charge < -0.3 is 24.5 Å². The molecule has 6 rings (SSSR count). The van der Waals surface area contributed by atoms with E-state index in [-0.39, 0.29) is 36.3 Å². The van der Waals surface area contributed by atoms with E-state index in [1.54, 1.807) is 6.07 Å². The van der Waals surface area contributed by atoms with Crippen molar-refractivity contribution in [1.82, 2.24) is 4.57 Å². The van der Waals surface area contributed by atoms with Crippen molar-refractivity contribution < 1.29 is 23.8 Å². The van der Waals surface area contributed by atoms with Crippen LogP contribution in [-0.4, -0.2) is 29.0 Å². The van der Waals surface area contributed by atoms with Crippen molar-refractivity contribution in [2.75, 3.05) is 18.7 Å². The minimum Gasteiger partial charge on any atom is -0.454 e. The summed E-state index contributed by atoms with van der Waals surface area (Å²) >= 11 is 0. The van der Waals surface area contributed by atoms with Crippen molar-refractivity contribution >= 4 is 22.5 Å². The van der Waals surface area contributed by atoms with Crippen molar-refractivity contribution in [3.63, 3.8) is 0 Å². The molecule has 3 aliphatic rings. The second-order valence-electron chi connectivity index (χ2n) is 10.5. The molecular weight excluding hydrogens is 435 g/mol. The number of nitrogens with one attached hydrogen (secondary N) is 1. The largest absolute Gasteiger partial charge is 0.454 e. The van der Waals surface area contributed by atoms with Crippen LogP contribution in [0.15, 0.2) is 36.4 Å². The number of aliphatic hydroxyl groups is 1. The second-order valence-corrected chi connectivity index (χ2v) is 10.5. The molecule has 34 heavy (non-hydrogen) atoms. The van der Waals surface area contributed by atoms with E-state index >= 15 is 4.39 Å². The molecule has 6 nitrogen and oxygen atoms in total. The first-order valence-electron chi connectivity index (χ1n) is 12.0. The standard InChI is InChI=1S/C27H29FN2O4/c1-16(14-31)13-30-21-12-19(28)20(9-17(21)10-24(30)26(2)5-6-26)29-25(32)27(7-8-27)18-3-4-22-23(11-18)34-15-33-22/h3-4,9-12,16,31H,5-8,13-15H2,1-2H3,(H,29,32)/t16-/m1/s1. The fourth-order valence-electron chi connectivity index (χ4n) is 5.10. The number of benzene rings is 2. The normalized spacial score (nSPS) is 19.8. The number of carbonyl (C=O) groups excluding carboxylic acids is 1. The molecule has 0 bridgehead atoms. The molecule has 1 atom stereocenters. The molecule has 2 aromatic carbocycles. The number of fused-ring (bicyclic) bond motifs is 2. The maximum atomic E-state index is 15.3. The summed E-state index contributed by atoms with van der Waals surface area (Å²) in [6, 6.07) is 11.0. The molecule has 1 aromatic heterocycles. The maximum absolute atomic E-state index is 15.3. The second kappa shape index (κ2) is 7.47. The first-order valence-corrected chi connectivity index (χ1v) is 12.0. The van der Waals surface area contributed by atoms with Crippen LogP contribution >= 0.6 is 0 Å². The van der Waals surface area contributed by atoms with Gasteiger partial charge in [-0.15, -0.1) is 0 Å². The summed E-state index contributed by atoms with van der Waals surface area (Å²) in [5.74, 6) is 0.731. The zero-order chi connectivity index (χ0) is 23.7. The Kier molecular flexibility index (Phi) is 4.72. The number of amides is 1. The van der Waals surface area contributed by atoms with Crippen molar-refractivity contribution in [3.05, 3.63) is 53.5 Å². The Morgan fingerprint density at radius 1 is 1.15 bits per heavy atom. The summed E-state index contributed by atoms with van der Waals surface area (Å²) in [6.45, 7) is 5.10. The minimum atomic E-state index is -0.669. The topological polar surface area (TPSA) is 72.7 Å². The van der Waals surface area contributed by atoms with Gasteiger partial charge >= 0.3 is 0 Å². The lowest BCUT2D eigenvalue weighted by atomic mass is 9.94. The average molecular weight is 465 g/mol. The van der Waals surface area contributed by atoms with Crippen LogP contribution in [0.25, 0.3) is 10.9 Å². The minimum absolute atomic E-state index is 0.0653. The van der Waals surface area contributed by atoms with E-state index in [2.05, 4.69) is 22.9 Å². The van der Waals surface area contributed by atoms with Crippen LogP contribution in [0, 0.1) is 11.7 Å². The fraction of sp³-hybridized carbons (Fsp3) is 0.444. The molecule has 1 amide bonds. The van der Waals surface area contributed by atoms with Crippen molar-refractivity contribution in [2.45, 2.75) is 56.9 Å². The summed E-state index contributed by atoms with van der Waals surface area (Å²) in [4.78, 5) is 13.3. The van der Waals surface area contributed by atoms with E-state index in [1.807, 2.05) is 25.1 Å². The highest BCUT2D eigenvalue weighted by Gasteiger charge is 2.52. The van der Waals surface area contributed by atoms with Gasteiger partial charge in [0, 0.05) is 35.7 Å². The lowest BCUT2D eigenvalue weighted by Crippen LogP contribution is -2.28. The number of halogens is 1. The molecule has 2 N–H and O–H groups in total. The Labute approximate surface area is 197 Å². The van der Waals surface area contributed by atoms with Gasteiger partial charge in [0.15, 0.2) is 11.5 Å². The van der Waals surface area contributed by atoms with Gasteiger partial charge in [-0.3, -0.25) is 4.79 Å². The third-order valence-corrected chi connectivity index (χ3v) is 7.77. The van der Waals surface area contributed by atoms with E-state index in [0.29, 0.717) is 30.9 Å². The Bertz CT molecular complexity index is 1310. The van der Waals surface area contributed by atoms with Crippen LogP contribution < -0.4 is 14.8 Å². The summed E-state index contributed by atoms with van der Waals surface area (Å²) < 4.78 is 28.3. The first-order chi connectivity index (χ1) is 16.3. The predicted octanol–water partition coefficient (Wildman–Crippen LogP) is 4.86. The zero-order valence-electron chi connectivity index (χ0n) is 19.5. The van der Waals surface area contributed by atoms with Gasteiger partial charge in [0.25, 0.3) is 0 Å². The highest BCUT2D eigenvalue weighted by atomic mass is 19.1. The number of hydrogen-bond donors (Lipinski definition) is 2. The van der Waals surface area contributed by atoms with E-state index < -0.39 is 11.2 Å². The molecule has 3 aromatic rings. The first kappa shape index (κ1) is 21.5. The third kappa shape index (κ3) is 3.36. The highest BCUT2D eigenvalue weighted by molar-refractivity contribution is 6.03. The molecule has 2 saturated carbocycles. The van der Waals surface area contributed by atoms with Gasteiger partial charge in [0.2, 0.25) is 12.7 Å². The Morgan fingerprint density at radius 2 is 1.91 bits per heavy atom. The molecule has 178 valence electrons. The Morgan fingerprint density at radius 3 is 2.62 bits per heavy atom. The lowest BCUT2D eigenvalue weighted by molar-refractivity contribution is -0.118. The number of aromatic nitrogens is 1. The number of rotatable bonds is 7. The van der Waals surface area contributed by atoms with Crippen molar-refractivity contribution in [3.8, 4) is 11.5 Å². The molecule has 2 heterocycles. The van der Waals surface area contributed by atoms with Gasteiger partial charge in [-0.1, -0.05) is 19.9 Å². The predicted molar refractivity (Wildman–Crippen MR) is 127 cm³/mol. The van der Waals surface area contributed by atoms with Gasteiger partial charge in [-0.2, -0.15) is 0 Å². The Hall–Kier alpha value is -3.06. The smallest absolute Gasteiger partial charge is 0.235 e. The van der Waals surface area contributed by atoms with Gasteiger partial charge in [0.05, 0.1) is 16.6 Å². The number of ether oxygens (including phenoxy) is 2.